The summed E-state index contributed by atoms with van der Waals surface area (Å²) in [6, 6.07) is 19.9. The average Bonchev–Trinajstić information content (AvgIpc) is 3.28. The van der Waals surface area contributed by atoms with Gasteiger partial charge in [-0.1, -0.05) is 81.4 Å². The smallest absolute Gasteiger partial charge is 0.322 e. The minimum atomic E-state index is -0.315. The summed E-state index contributed by atoms with van der Waals surface area (Å²) in [5.41, 5.74) is 9.34. The largest absolute Gasteiger partial charge is 0.330 e. The number of urea groups is 1. The minimum Gasteiger partial charge on any atom is -0.330 e. The number of thioether (sulfide) groups is 1. The third-order valence-electron chi connectivity index (χ3n) is 5.92. The highest BCUT2D eigenvalue weighted by atomic mass is 32.2. The molecule has 7 heteroatoms. The quantitative estimate of drug-likeness (QED) is 0.314. The number of carbonyl (C=O) groups is 1. The molecule has 1 atom stereocenters. The first-order chi connectivity index (χ1) is 17.7. The monoisotopic (exact) mass is 515 g/mol. The normalized spacial score (nSPS) is 12.6. The van der Waals surface area contributed by atoms with Crippen LogP contribution >= 0.6 is 11.8 Å². The van der Waals surface area contributed by atoms with Gasteiger partial charge in [-0.25, -0.2) is 9.78 Å². The molecule has 0 radical (unpaired) electrons. The molecular weight excluding hydrogens is 478 g/mol. The number of rotatable bonds is 10. The number of nitrogens with one attached hydrogen (secondary N) is 1. The Morgan fingerprint density at radius 3 is 2.43 bits per heavy atom. The van der Waals surface area contributed by atoms with Crippen molar-refractivity contribution in [3.05, 3.63) is 89.4 Å². The van der Waals surface area contributed by atoms with Crippen molar-refractivity contribution in [3.8, 4) is 22.9 Å². The highest BCUT2D eigenvalue weighted by Crippen LogP contribution is 2.39. The zero-order valence-corrected chi connectivity index (χ0v) is 23.0. The molecule has 0 aliphatic rings. The van der Waals surface area contributed by atoms with Crippen LogP contribution in [0.25, 0.3) is 11.3 Å². The van der Waals surface area contributed by atoms with E-state index in [2.05, 4.69) is 66.4 Å². The lowest BCUT2D eigenvalue weighted by molar-refractivity contribution is 0.109. The van der Waals surface area contributed by atoms with Gasteiger partial charge in [0.05, 0.1) is 11.7 Å². The number of amides is 2. The van der Waals surface area contributed by atoms with Crippen LogP contribution in [-0.4, -0.2) is 33.6 Å². The van der Waals surface area contributed by atoms with Crippen molar-refractivity contribution in [1.82, 2.24) is 19.8 Å². The number of carbonyl (C=O) groups excluding carboxylic acids is 1. The Bertz CT molecular complexity index is 1220. The summed E-state index contributed by atoms with van der Waals surface area (Å²) in [4.78, 5) is 20.7. The van der Waals surface area contributed by atoms with Gasteiger partial charge in [0.25, 0.3) is 0 Å². The number of benzene rings is 2. The molecule has 0 unspecified atom stereocenters. The number of imidazole rings is 1. The lowest BCUT2D eigenvalue weighted by Gasteiger charge is -2.40. The van der Waals surface area contributed by atoms with Crippen molar-refractivity contribution < 1.29 is 4.79 Å². The molecule has 0 aliphatic heterocycles. The van der Waals surface area contributed by atoms with E-state index < -0.39 is 0 Å². The molecule has 0 bridgehead atoms. The number of terminal acetylenes is 1. The molecule has 3 rings (SSSR count). The van der Waals surface area contributed by atoms with Crippen LogP contribution in [0, 0.1) is 17.1 Å². The predicted molar refractivity (Wildman–Crippen MR) is 154 cm³/mol. The SMILES string of the molecule is C#CS/C=C(\C)NC(=O)N(CCCN)[C@@H](c1nc(-c2ccccc2)cn1Cc1ccccc1)C(C)(C)C. The Hall–Kier alpha value is -3.47. The van der Waals surface area contributed by atoms with E-state index in [1.54, 1.807) is 5.41 Å². The number of hydrogen-bond donors (Lipinski definition) is 2. The lowest BCUT2D eigenvalue weighted by atomic mass is 9.84. The highest BCUT2D eigenvalue weighted by molar-refractivity contribution is 8.06. The van der Waals surface area contributed by atoms with Crippen LogP contribution in [0.3, 0.4) is 0 Å². The fourth-order valence-corrected chi connectivity index (χ4v) is 4.60. The van der Waals surface area contributed by atoms with Crippen molar-refractivity contribution >= 4 is 17.8 Å². The van der Waals surface area contributed by atoms with E-state index >= 15 is 0 Å². The standard InChI is InChI=1S/C30H37N5OS/c1-6-37-22-23(2)32-29(36)35(19-13-18-31)27(30(3,4)5)28-33-26(25-16-11-8-12-17-25)21-34(28)20-24-14-9-7-10-15-24/h1,7-12,14-17,21-22,27H,13,18-20,31H2,2-5H3,(H,32,36)/b23-22+/t27-/m0/s1. The van der Waals surface area contributed by atoms with Gasteiger partial charge in [-0.2, -0.15) is 0 Å². The summed E-state index contributed by atoms with van der Waals surface area (Å²) in [5.74, 6) is 0.835. The fraction of sp³-hybridized carbons (Fsp3) is 0.333. The summed E-state index contributed by atoms with van der Waals surface area (Å²) in [7, 11) is 0. The second-order valence-corrected chi connectivity index (χ2v) is 10.7. The molecule has 3 aromatic rings. The second kappa shape index (κ2) is 13.2. The van der Waals surface area contributed by atoms with Crippen LogP contribution in [0.4, 0.5) is 4.79 Å². The van der Waals surface area contributed by atoms with Crippen LogP contribution in [0.15, 0.2) is 78.0 Å². The van der Waals surface area contributed by atoms with Gasteiger partial charge >= 0.3 is 6.03 Å². The zero-order chi connectivity index (χ0) is 26.8. The summed E-state index contributed by atoms with van der Waals surface area (Å²) >= 11 is 1.20. The van der Waals surface area contributed by atoms with Gasteiger partial charge in [0.2, 0.25) is 0 Å². The predicted octanol–water partition coefficient (Wildman–Crippen LogP) is 6.23. The van der Waals surface area contributed by atoms with Crippen molar-refractivity contribution in [3.63, 3.8) is 0 Å². The maximum Gasteiger partial charge on any atom is 0.322 e. The van der Waals surface area contributed by atoms with Gasteiger partial charge in [0, 0.05) is 36.0 Å². The van der Waals surface area contributed by atoms with E-state index in [9.17, 15) is 4.79 Å². The van der Waals surface area contributed by atoms with E-state index in [0.717, 1.165) is 22.6 Å². The first-order valence-electron chi connectivity index (χ1n) is 12.5. The molecule has 0 spiro atoms. The molecule has 0 aliphatic carbocycles. The summed E-state index contributed by atoms with van der Waals surface area (Å²) in [6.45, 7) is 9.88. The molecular formula is C30H37N5OS. The van der Waals surface area contributed by atoms with E-state index in [1.165, 1.54) is 11.8 Å². The maximum atomic E-state index is 13.7. The first kappa shape index (κ1) is 28.1. The van der Waals surface area contributed by atoms with Gasteiger partial charge in [-0.05, 0) is 47.9 Å². The minimum absolute atomic E-state index is 0.199. The van der Waals surface area contributed by atoms with Crippen LogP contribution in [-0.2, 0) is 6.54 Å². The average molecular weight is 516 g/mol. The summed E-state index contributed by atoms with van der Waals surface area (Å²) < 4.78 is 2.17. The topological polar surface area (TPSA) is 76.2 Å². The maximum absolute atomic E-state index is 13.7. The van der Waals surface area contributed by atoms with E-state index in [0.29, 0.717) is 31.8 Å². The summed E-state index contributed by atoms with van der Waals surface area (Å²) in [5, 5.41) is 7.27. The van der Waals surface area contributed by atoms with Gasteiger partial charge in [0.1, 0.15) is 5.82 Å². The Labute approximate surface area is 225 Å². The fourth-order valence-electron chi connectivity index (χ4n) is 4.30. The molecule has 1 aromatic heterocycles. The number of hydrogen-bond acceptors (Lipinski definition) is 4. The molecule has 0 saturated heterocycles. The zero-order valence-electron chi connectivity index (χ0n) is 22.1. The van der Waals surface area contributed by atoms with Crippen LogP contribution in [0.5, 0.6) is 0 Å². The molecule has 6 nitrogen and oxygen atoms in total. The van der Waals surface area contributed by atoms with Crippen molar-refractivity contribution in [1.29, 1.82) is 0 Å². The van der Waals surface area contributed by atoms with Crippen molar-refractivity contribution in [2.24, 2.45) is 11.1 Å². The molecule has 2 aromatic carbocycles. The van der Waals surface area contributed by atoms with Crippen LogP contribution in [0.2, 0.25) is 0 Å². The Morgan fingerprint density at radius 1 is 1.19 bits per heavy atom. The molecule has 2 amide bonds. The second-order valence-electron chi connectivity index (χ2n) is 10.0. The Morgan fingerprint density at radius 2 is 1.84 bits per heavy atom. The number of nitrogens with two attached hydrogens (primary N) is 1. The molecule has 194 valence electrons. The molecule has 37 heavy (non-hydrogen) atoms. The third kappa shape index (κ3) is 7.75. The third-order valence-corrected chi connectivity index (χ3v) is 6.53. The van der Waals surface area contributed by atoms with Gasteiger partial charge in [-0.3, -0.25) is 0 Å². The Balaban J connectivity index is 2.12. The van der Waals surface area contributed by atoms with Gasteiger partial charge in [-0.15, -0.1) is 6.42 Å². The van der Waals surface area contributed by atoms with E-state index in [4.69, 9.17) is 17.1 Å². The molecule has 3 N–H and O–H groups in total. The molecule has 1 heterocycles. The van der Waals surface area contributed by atoms with Crippen LogP contribution < -0.4 is 11.1 Å². The van der Waals surface area contributed by atoms with Crippen molar-refractivity contribution in [2.45, 2.75) is 46.7 Å². The number of nitrogens with zero attached hydrogens (tertiary/aromatic N) is 3. The Kier molecular flexibility index (Phi) is 10.0. The van der Waals surface area contributed by atoms with Gasteiger partial charge < -0.3 is 20.5 Å². The van der Waals surface area contributed by atoms with Gasteiger partial charge in [0.15, 0.2) is 0 Å². The van der Waals surface area contributed by atoms with Crippen LogP contribution in [0.1, 0.15) is 51.5 Å². The van der Waals surface area contributed by atoms with E-state index in [-0.39, 0.29) is 17.5 Å². The molecule has 0 saturated carbocycles. The lowest BCUT2D eigenvalue weighted by Crippen LogP contribution is -2.47. The van der Waals surface area contributed by atoms with E-state index in [1.807, 2.05) is 48.2 Å². The molecule has 0 fully saturated rings. The number of allylic oxidation sites excluding steroid dienone is 1. The number of aromatic nitrogens is 2. The first-order valence-corrected chi connectivity index (χ1v) is 13.3. The van der Waals surface area contributed by atoms with Crippen molar-refractivity contribution in [2.75, 3.05) is 13.1 Å². The summed E-state index contributed by atoms with van der Waals surface area (Å²) in [6.07, 6.45) is 8.13. The highest BCUT2D eigenvalue weighted by Gasteiger charge is 2.38.